The van der Waals surface area contributed by atoms with Crippen molar-refractivity contribution in [2.24, 2.45) is 5.41 Å². The lowest BCUT2D eigenvalue weighted by atomic mass is 9.91. The van der Waals surface area contributed by atoms with E-state index in [1.807, 2.05) is 0 Å². The SMILES string of the molecule is CC(C)(C)CCCO[SiH](c1ccccc1)c1ccccc1. The Morgan fingerprint density at radius 1 is 0.810 bits per heavy atom. The van der Waals surface area contributed by atoms with E-state index in [0.717, 1.165) is 13.0 Å². The molecular weight excluding hydrogens is 272 g/mol. The van der Waals surface area contributed by atoms with Gasteiger partial charge in [-0.3, -0.25) is 0 Å². The molecule has 0 saturated carbocycles. The Labute approximate surface area is 130 Å². The van der Waals surface area contributed by atoms with E-state index in [1.165, 1.54) is 16.8 Å². The number of hydrogen-bond donors (Lipinski definition) is 0. The van der Waals surface area contributed by atoms with Crippen LogP contribution in [0.5, 0.6) is 0 Å². The molecule has 0 radical (unpaired) electrons. The van der Waals surface area contributed by atoms with Crippen molar-refractivity contribution in [3.05, 3.63) is 60.7 Å². The lowest BCUT2D eigenvalue weighted by molar-refractivity contribution is 0.277. The molecule has 0 aliphatic heterocycles. The Hall–Kier alpha value is -1.38. The molecule has 0 bridgehead atoms. The predicted molar refractivity (Wildman–Crippen MR) is 93.9 cm³/mol. The molecule has 112 valence electrons. The largest absolute Gasteiger partial charge is 0.411 e. The van der Waals surface area contributed by atoms with Crippen LogP contribution in [0.3, 0.4) is 0 Å². The zero-order chi connectivity index (χ0) is 15.1. The average Bonchev–Trinajstić information content (AvgIpc) is 2.48. The van der Waals surface area contributed by atoms with Gasteiger partial charge in [0.15, 0.2) is 0 Å². The maximum absolute atomic E-state index is 6.35. The Morgan fingerprint density at radius 3 is 1.71 bits per heavy atom. The molecule has 21 heavy (non-hydrogen) atoms. The van der Waals surface area contributed by atoms with Crippen molar-refractivity contribution in [3.63, 3.8) is 0 Å². The first-order chi connectivity index (χ1) is 10.1. The predicted octanol–water partition coefficient (Wildman–Crippen LogP) is 3.37. The van der Waals surface area contributed by atoms with Crippen molar-refractivity contribution in [2.75, 3.05) is 6.61 Å². The van der Waals surface area contributed by atoms with Crippen molar-refractivity contribution >= 4 is 19.4 Å². The van der Waals surface area contributed by atoms with Gasteiger partial charge in [-0.25, -0.2) is 0 Å². The van der Waals surface area contributed by atoms with E-state index in [1.54, 1.807) is 0 Å². The summed E-state index contributed by atoms with van der Waals surface area (Å²) < 4.78 is 6.35. The molecule has 0 spiro atoms. The van der Waals surface area contributed by atoms with Crippen LogP contribution < -0.4 is 10.4 Å². The van der Waals surface area contributed by atoms with Gasteiger partial charge in [0.25, 0.3) is 0 Å². The van der Waals surface area contributed by atoms with Gasteiger partial charge in [-0.2, -0.15) is 0 Å². The maximum atomic E-state index is 6.35. The fourth-order valence-electron chi connectivity index (χ4n) is 2.44. The van der Waals surface area contributed by atoms with Crippen molar-refractivity contribution in [2.45, 2.75) is 33.6 Å². The second-order valence-electron chi connectivity index (χ2n) is 6.74. The molecule has 2 heteroatoms. The van der Waals surface area contributed by atoms with Crippen LogP contribution in [-0.4, -0.2) is 15.6 Å². The first kappa shape index (κ1) is 16.0. The molecule has 0 amide bonds. The summed E-state index contributed by atoms with van der Waals surface area (Å²) in [4.78, 5) is 0. The van der Waals surface area contributed by atoms with Gasteiger partial charge < -0.3 is 4.43 Å². The lowest BCUT2D eigenvalue weighted by Crippen LogP contribution is -2.45. The maximum Gasteiger partial charge on any atom is 0.239 e. The van der Waals surface area contributed by atoms with Gasteiger partial charge in [-0.1, -0.05) is 81.4 Å². The third-order valence-electron chi connectivity index (χ3n) is 3.56. The molecule has 0 fully saturated rings. The first-order valence-electron chi connectivity index (χ1n) is 7.78. The van der Waals surface area contributed by atoms with E-state index in [-0.39, 0.29) is 0 Å². The van der Waals surface area contributed by atoms with Crippen molar-refractivity contribution in [1.29, 1.82) is 0 Å². The average molecular weight is 299 g/mol. The van der Waals surface area contributed by atoms with Gasteiger partial charge in [-0.05, 0) is 28.6 Å². The molecule has 1 nitrogen and oxygen atoms in total. The molecule has 2 rings (SSSR count). The van der Waals surface area contributed by atoms with Crippen molar-refractivity contribution in [3.8, 4) is 0 Å². The molecule has 0 unspecified atom stereocenters. The van der Waals surface area contributed by atoms with E-state index in [0.29, 0.717) is 5.41 Å². The molecule has 2 aromatic carbocycles. The van der Waals surface area contributed by atoms with E-state index in [2.05, 4.69) is 81.4 Å². The van der Waals surface area contributed by atoms with Crippen LogP contribution in [0, 0.1) is 5.41 Å². The van der Waals surface area contributed by atoms with Crippen LogP contribution in [-0.2, 0) is 4.43 Å². The third-order valence-corrected chi connectivity index (χ3v) is 6.11. The summed E-state index contributed by atoms with van der Waals surface area (Å²) in [7, 11) is -1.54. The summed E-state index contributed by atoms with van der Waals surface area (Å²) in [6.45, 7) is 7.72. The minimum absolute atomic E-state index is 0.389. The zero-order valence-electron chi connectivity index (χ0n) is 13.4. The molecule has 0 heterocycles. The Kier molecular flexibility index (Phi) is 5.77. The summed E-state index contributed by atoms with van der Waals surface area (Å²) in [6, 6.07) is 21.4. The van der Waals surface area contributed by atoms with Crippen LogP contribution in [0.1, 0.15) is 33.6 Å². The normalized spacial score (nSPS) is 11.8. The van der Waals surface area contributed by atoms with Crippen LogP contribution >= 0.6 is 0 Å². The minimum Gasteiger partial charge on any atom is -0.411 e. The second-order valence-corrected chi connectivity index (χ2v) is 9.16. The smallest absolute Gasteiger partial charge is 0.239 e. The molecule has 0 atom stereocenters. The van der Waals surface area contributed by atoms with Gasteiger partial charge in [0, 0.05) is 6.61 Å². The summed E-state index contributed by atoms with van der Waals surface area (Å²) >= 11 is 0. The van der Waals surface area contributed by atoms with Gasteiger partial charge in [0.05, 0.1) is 0 Å². The number of rotatable bonds is 6. The molecule has 0 saturated heterocycles. The van der Waals surface area contributed by atoms with Gasteiger partial charge in [0.1, 0.15) is 0 Å². The fourth-order valence-corrected chi connectivity index (χ4v) is 4.76. The van der Waals surface area contributed by atoms with Crippen LogP contribution in [0.4, 0.5) is 0 Å². The van der Waals surface area contributed by atoms with Crippen LogP contribution in [0.25, 0.3) is 0 Å². The molecule has 0 aliphatic carbocycles. The molecular formula is C19H26OSi. The highest BCUT2D eigenvalue weighted by Gasteiger charge is 2.17. The fraction of sp³-hybridized carbons (Fsp3) is 0.368. The summed E-state index contributed by atoms with van der Waals surface area (Å²) in [6.07, 6.45) is 2.34. The number of benzene rings is 2. The van der Waals surface area contributed by atoms with E-state index < -0.39 is 9.04 Å². The van der Waals surface area contributed by atoms with Crippen LogP contribution in [0.15, 0.2) is 60.7 Å². The highest BCUT2D eigenvalue weighted by atomic mass is 28.3. The highest BCUT2D eigenvalue weighted by molar-refractivity contribution is 6.80. The van der Waals surface area contributed by atoms with Gasteiger partial charge in [0.2, 0.25) is 9.04 Å². The first-order valence-corrected chi connectivity index (χ1v) is 9.40. The summed E-state index contributed by atoms with van der Waals surface area (Å²) in [5, 5.41) is 2.72. The Bertz CT molecular complexity index is 477. The van der Waals surface area contributed by atoms with E-state index in [4.69, 9.17) is 4.43 Å². The zero-order valence-corrected chi connectivity index (χ0v) is 14.5. The monoisotopic (exact) mass is 298 g/mol. The van der Waals surface area contributed by atoms with Crippen molar-refractivity contribution < 1.29 is 4.43 Å². The quantitative estimate of drug-likeness (QED) is 0.587. The topological polar surface area (TPSA) is 9.23 Å². The second kappa shape index (κ2) is 7.58. The Morgan fingerprint density at radius 2 is 1.29 bits per heavy atom. The minimum atomic E-state index is -1.54. The molecule has 0 aliphatic rings. The summed E-state index contributed by atoms with van der Waals surface area (Å²) in [5.74, 6) is 0. The van der Waals surface area contributed by atoms with Crippen molar-refractivity contribution in [1.82, 2.24) is 0 Å². The molecule has 0 N–H and O–H groups in total. The lowest BCUT2D eigenvalue weighted by Gasteiger charge is -2.20. The standard InChI is InChI=1S/C19H26OSi/c1-19(2,3)15-10-16-20-21(17-11-6-4-7-12-17)18-13-8-5-9-14-18/h4-9,11-14,21H,10,15-16H2,1-3H3. The van der Waals surface area contributed by atoms with E-state index in [9.17, 15) is 0 Å². The Balaban J connectivity index is 2.04. The van der Waals surface area contributed by atoms with Gasteiger partial charge >= 0.3 is 0 Å². The third kappa shape index (κ3) is 5.48. The molecule has 2 aromatic rings. The van der Waals surface area contributed by atoms with E-state index >= 15 is 0 Å². The van der Waals surface area contributed by atoms with Crippen LogP contribution in [0.2, 0.25) is 0 Å². The highest BCUT2D eigenvalue weighted by Crippen LogP contribution is 2.20. The number of hydrogen-bond acceptors (Lipinski definition) is 1. The summed E-state index contributed by atoms with van der Waals surface area (Å²) in [5.41, 5.74) is 0.389. The molecule has 0 aromatic heterocycles. The van der Waals surface area contributed by atoms with Gasteiger partial charge in [-0.15, -0.1) is 0 Å².